The van der Waals surface area contributed by atoms with Gasteiger partial charge in [-0.3, -0.25) is 4.79 Å². The lowest BCUT2D eigenvalue weighted by Crippen LogP contribution is -2.49. The number of carbonyl (C=O) groups excluding carboxylic acids is 1. The third-order valence-electron chi connectivity index (χ3n) is 4.53. The van der Waals surface area contributed by atoms with Crippen molar-refractivity contribution in [3.63, 3.8) is 0 Å². The third kappa shape index (κ3) is 3.83. The maximum Gasteiger partial charge on any atom is 0.230 e. The summed E-state index contributed by atoms with van der Waals surface area (Å²) in [6.45, 7) is 1.30. The molecule has 1 fully saturated rings. The first-order valence-corrected chi connectivity index (χ1v) is 7.86. The Morgan fingerprint density at radius 2 is 1.86 bits per heavy atom. The number of hydrogen-bond acceptors (Lipinski definition) is 3. The fourth-order valence-electron chi connectivity index (χ4n) is 3.25. The van der Waals surface area contributed by atoms with Gasteiger partial charge >= 0.3 is 0 Å². The van der Waals surface area contributed by atoms with Crippen LogP contribution in [0.1, 0.15) is 37.7 Å². The van der Waals surface area contributed by atoms with Crippen molar-refractivity contribution >= 4 is 5.91 Å². The zero-order valence-corrected chi connectivity index (χ0v) is 12.6. The molecule has 0 aromatic heterocycles. The van der Waals surface area contributed by atoms with Crippen molar-refractivity contribution in [2.75, 3.05) is 19.7 Å². The van der Waals surface area contributed by atoms with Crippen LogP contribution in [0.15, 0.2) is 30.3 Å². The largest absolute Gasteiger partial charge is 0.395 e. The van der Waals surface area contributed by atoms with Crippen LogP contribution in [0.25, 0.3) is 0 Å². The molecule has 21 heavy (non-hydrogen) atoms. The standard InChI is InChI=1S/C17H26N2O2/c18-14-17(9-5-2-6-10-17)16(21)19(11-12-20)13-15-7-3-1-4-8-15/h1,3-4,7-8,20H,2,5-6,9-14,18H2. The van der Waals surface area contributed by atoms with E-state index in [2.05, 4.69) is 0 Å². The summed E-state index contributed by atoms with van der Waals surface area (Å²) >= 11 is 0. The summed E-state index contributed by atoms with van der Waals surface area (Å²) in [5, 5.41) is 9.29. The first-order valence-electron chi connectivity index (χ1n) is 7.86. The van der Waals surface area contributed by atoms with Crippen LogP contribution >= 0.6 is 0 Å². The second-order valence-electron chi connectivity index (χ2n) is 5.98. The predicted molar refractivity (Wildman–Crippen MR) is 83.5 cm³/mol. The lowest BCUT2D eigenvalue weighted by molar-refractivity contribution is -0.144. The number of nitrogens with two attached hydrogens (primary N) is 1. The van der Waals surface area contributed by atoms with E-state index >= 15 is 0 Å². The number of nitrogens with zero attached hydrogens (tertiary/aromatic N) is 1. The molecule has 0 atom stereocenters. The monoisotopic (exact) mass is 290 g/mol. The molecule has 1 aromatic rings. The molecule has 4 heteroatoms. The molecule has 2 rings (SSSR count). The molecule has 0 spiro atoms. The second kappa shape index (κ2) is 7.57. The van der Waals surface area contributed by atoms with Crippen LogP contribution in [0.3, 0.4) is 0 Å². The van der Waals surface area contributed by atoms with E-state index in [4.69, 9.17) is 5.73 Å². The van der Waals surface area contributed by atoms with Gasteiger partial charge in [-0.15, -0.1) is 0 Å². The molecule has 0 radical (unpaired) electrons. The predicted octanol–water partition coefficient (Wildman–Crippen LogP) is 1.92. The van der Waals surface area contributed by atoms with Crippen LogP contribution < -0.4 is 5.73 Å². The minimum absolute atomic E-state index is 0.0147. The minimum atomic E-state index is -0.414. The Kier molecular flexibility index (Phi) is 5.76. The lowest BCUT2D eigenvalue weighted by Gasteiger charge is -2.39. The molecule has 0 unspecified atom stereocenters. The van der Waals surface area contributed by atoms with Gasteiger partial charge in [0.05, 0.1) is 12.0 Å². The Hall–Kier alpha value is -1.39. The van der Waals surface area contributed by atoms with Crippen LogP contribution in [0, 0.1) is 5.41 Å². The van der Waals surface area contributed by atoms with Gasteiger partial charge in [0.2, 0.25) is 5.91 Å². The quantitative estimate of drug-likeness (QED) is 0.841. The molecule has 116 valence electrons. The van der Waals surface area contributed by atoms with Crippen molar-refractivity contribution in [3.05, 3.63) is 35.9 Å². The summed E-state index contributed by atoms with van der Waals surface area (Å²) < 4.78 is 0. The number of rotatable bonds is 6. The van der Waals surface area contributed by atoms with Gasteiger partial charge in [0.1, 0.15) is 0 Å². The Bertz CT molecular complexity index is 441. The summed E-state index contributed by atoms with van der Waals surface area (Å²) in [5.41, 5.74) is 6.63. The van der Waals surface area contributed by atoms with Crippen LogP contribution in [0.4, 0.5) is 0 Å². The molecular weight excluding hydrogens is 264 g/mol. The summed E-state index contributed by atoms with van der Waals surface area (Å²) in [7, 11) is 0. The van der Waals surface area contributed by atoms with Crippen molar-refractivity contribution < 1.29 is 9.90 Å². The van der Waals surface area contributed by atoms with E-state index in [1.54, 1.807) is 4.90 Å². The normalized spacial score (nSPS) is 17.4. The molecule has 0 aliphatic heterocycles. The number of hydrogen-bond donors (Lipinski definition) is 2. The molecule has 1 saturated carbocycles. The molecule has 3 N–H and O–H groups in total. The number of carbonyl (C=O) groups is 1. The lowest BCUT2D eigenvalue weighted by atomic mass is 9.73. The van der Waals surface area contributed by atoms with Crippen molar-refractivity contribution in [1.82, 2.24) is 4.90 Å². The van der Waals surface area contributed by atoms with Gasteiger partial charge in [-0.2, -0.15) is 0 Å². The van der Waals surface area contributed by atoms with Gasteiger partial charge in [-0.1, -0.05) is 49.6 Å². The zero-order chi connectivity index (χ0) is 15.1. The van der Waals surface area contributed by atoms with E-state index in [0.717, 1.165) is 31.2 Å². The van der Waals surface area contributed by atoms with Crippen LogP contribution in [0.5, 0.6) is 0 Å². The third-order valence-corrected chi connectivity index (χ3v) is 4.53. The van der Waals surface area contributed by atoms with E-state index in [0.29, 0.717) is 19.6 Å². The maximum atomic E-state index is 13.0. The number of amides is 1. The second-order valence-corrected chi connectivity index (χ2v) is 5.98. The Morgan fingerprint density at radius 1 is 1.19 bits per heavy atom. The van der Waals surface area contributed by atoms with Crippen molar-refractivity contribution in [1.29, 1.82) is 0 Å². The van der Waals surface area contributed by atoms with E-state index in [1.807, 2.05) is 30.3 Å². The van der Waals surface area contributed by atoms with Crippen molar-refractivity contribution in [3.8, 4) is 0 Å². The van der Waals surface area contributed by atoms with Gasteiger partial charge in [0, 0.05) is 19.6 Å². The first-order chi connectivity index (χ1) is 10.2. The molecule has 1 aromatic carbocycles. The maximum absolute atomic E-state index is 13.0. The topological polar surface area (TPSA) is 66.6 Å². The Morgan fingerprint density at radius 3 is 2.43 bits per heavy atom. The highest BCUT2D eigenvalue weighted by molar-refractivity contribution is 5.83. The fourth-order valence-corrected chi connectivity index (χ4v) is 3.25. The average Bonchev–Trinajstić information content (AvgIpc) is 2.55. The average molecular weight is 290 g/mol. The van der Waals surface area contributed by atoms with E-state index < -0.39 is 5.41 Å². The summed E-state index contributed by atoms with van der Waals surface area (Å²) in [6, 6.07) is 9.91. The van der Waals surface area contributed by atoms with Crippen LogP contribution in [-0.2, 0) is 11.3 Å². The van der Waals surface area contributed by atoms with Gasteiger partial charge in [0.25, 0.3) is 0 Å². The fraction of sp³-hybridized carbons (Fsp3) is 0.588. The molecule has 4 nitrogen and oxygen atoms in total. The molecule has 1 amide bonds. The molecule has 0 bridgehead atoms. The van der Waals surface area contributed by atoms with Gasteiger partial charge in [-0.05, 0) is 18.4 Å². The van der Waals surface area contributed by atoms with E-state index in [9.17, 15) is 9.90 Å². The van der Waals surface area contributed by atoms with Crippen molar-refractivity contribution in [2.24, 2.45) is 11.1 Å². The molecule has 0 saturated heterocycles. The SMILES string of the molecule is NCC1(C(=O)N(CCO)Cc2ccccc2)CCCCC1. The van der Waals surface area contributed by atoms with Crippen LogP contribution in [-0.4, -0.2) is 35.6 Å². The zero-order valence-electron chi connectivity index (χ0n) is 12.6. The smallest absolute Gasteiger partial charge is 0.230 e. The number of benzene rings is 1. The minimum Gasteiger partial charge on any atom is -0.395 e. The molecule has 1 aliphatic rings. The molecular formula is C17H26N2O2. The first kappa shape index (κ1) is 16.0. The van der Waals surface area contributed by atoms with E-state index in [-0.39, 0.29) is 12.5 Å². The van der Waals surface area contributed by atoms with Gasteiger partial charge in [-0.25, -0.2) is 0 Å². The summed E-state index contributed by atoms with van der Waals surface area (Å²) in [6.07, 6.45) is 5.08. The Labute approximate surface area is 126 Å². The van der Waals surface area contributed by atoms with Gasteiger partial charge in [0.15, 0.2) is 0 Å². The highest BCUT2D eigenvalue weighted by Crippen LogP contribution is 2.37. The summed E-state index contributed by atoms with van der Waals surface area (Å²) in [4.78, 5) is 14.8. The molecule has 1 aliphatic carbocycles. The number of aliphatic hydroxyl groups is 1. The highest BCUT2D eigenvalue weighted by atomic mass is 16.3. The van der Waals surface area contributed by atoms with Crippen LogP contribution in [0.2, 0.25) is 0 Å². The van der Waals surface area contributed by atoms with Gasteiger partial charge < -0.3 is 15.7 Å². The highest BCUT2D eigenvalue weighted by Gasteiger charge is 2.40. The van der Waals surface area contributed by atoms with Crippen molar-refractivity contribution in [2.45, 2.75) is 38.6 Å². The molecule has 0 heterocycles. The number of aliphatic hydroxyl groups excluding tert-OH is 1. The Balaban J connectivity index is 2.14. The van der Waals surface area contributed by atoms with E-state index in [1.165, 1.54) is 6.42 Å². The summed E-state index contributed by atoms with van der Waals surface area (Å²) in [5.74, 6) is 0.114.